The minimum Gasteiger partial charge on any atom is -0.367 e. The summed E-state index contributed by atoms with van der Waals surface area (Å²) < 4.78 is 13.5. The van der Waals surface area contributed by atoms with Gasteiger partial charge in [-0.3, -0.25) is 4.79 Å². The Kier molecular flexibility index (Phi) is 2.37. The quantitative estimate of drug-likeness (QED) is 0.748. The average molecular weight is 203 g/mol. The summed E-state index contributed by atoms with van der Waals surface area (Å²) in [4.78, 5) is 14.5. The molecule has 0 atom stereocenters. The summed E-state index contributed by atoms with van der Waals surface area (Å²) in [6.07, 6.45) is 3.20. The molecule has 76 valence electrons. The van der Waals surface area contributed by atoms with E-state index < -0.39 is 5.82 Å². The van der Waals surface area contributed by atoms with Crippen LogP contribution in [0.25, 0.3) is 0 Å². The fraction of sp³-hybridized carbons (Fsp3) is 0.0833. The lowest BCUT2D eigenvalue weighted by Gasteiger charge is -2.01. The largest absolute Gasteiger partial charge is 0.367 e. The second-order valence-corrected chi connectivity index (χ2v) is 3.41. The molecular formula is C12H10FNO. The van der Waals surface area contributed by atoms with Crippen molar-refractivity contribution in [3.8, 4) is 0 Å². The normalized spacial score (nSPS) is 10.3. The van der Waals surface area contributed by atoms with Crippen LogP contribution >= 0.6 is 0 Å². The molecule has 0 spiro atoms. The van der Waals surface area contributed by atoms with Crippen molar-refractivity contribution in [2.75, 3.05) is 0 Å². The van der Waals surface area contributed by atoms with Crippen molar-refractivity contribution in [2.45, 2.75) is 6.92 Å². The van der Waals surface area contributed by atoms with E-state index >= 15 is 0 Å². The molecular weight excluding hydrogens is 193 g/mol. The second-order valence-electron chi connectivity index (χ2n) is 3.41. The molecule has 2 rings (SSSR count). The molecule has 0 aliphatic carbocycles. The third-order valence-corrected chi connectivity index (χ3v) is 2.23. The number of nitrogens with one attached hydrogen (secondary N) is 1. The zero-order valence-electron chi connectivity index (χ0n) is 8.25. The van der Waals surface area contributed by atoms with Crippen LogP contribution in [0, 0.1) is 12.7 Å². The van der Waals surface area contributed by atoms with Gasteiger partial charge in [0.25, 0.3) is 0 Å². The highest BCUT2D eigenvalue weighted by atomic mass is 19.1. The minimum absolute atomic E-state index is 0.111. The van der Waals surface area contributed by atoms with Crippen LogP contribution in [-0.2, 0) is 0 Å². The summed E-state index contributed by atoms with van der Waals surface area (Å²) in [5.74, 6) is -0.769. The van der Waals surface area contributed by atoms with Gasteiger partial charge in [-0.05, 0) is 30.7 Å². The molecule has 0 unspecified atom stereocenters. The van der Waals surface area contributed by atoms with Crippen molar-refractivity contribution in [1.29, 1.82) is 0 Å². The second kappa shape index (κ2) is 3.69. The van der Waals surface area contributed by atoms with Crippen molar-refractivity contribution in [3.63, 3.8) is 0 Å². The molecule has 0 aliphatic rings. The molecule has 1 aromatic carbocycles. The van der Waals surface area contributed by atoms with Crippen LogP contribution in [0.5, 0.6) is 0 Å². The van der Waals surface area contributed by atoms with Crippen LogP contribution in [0.2, 0.25) is 0 Å². The van der Waals surface area contributed by atoms with E-state index in [2.05, 4.69) is 4.98 Å². The lowest BCUT2D eigenvalue weighted by molar-refractivity contribution is 0.103. The fourth-order valence-corrected chi connectivity index (χ4v) is 1.42. The lowest BCUT2D eigenvalue weighted by Crippen LogP contribution is -2.03. The summed E-state index contributed by atoms with van der Waals surface area (Å²) in [6, 6.07) is 6.23. The van der Waals surface area contributed by atoms with Gasteiger partial charge in [0, 0.05) is 18.0 Å². The monoisotopic (exact) mass is 203 g/mol. The van der Waals surface area contributed by atoms with Gasteiger partial charge < -0.3 is 4.98 Å². The highest BCUT2D eigenvalue weighted by molar-refractivity contribution is 6.09. The Labute approximate surface area is 86.8 Å². The molecule has 0 bridgehead atoms. The predicted molar refractivity (Wildman–Crippen MR) is 55.4 cm³/mol. The Morgan fingerprint density at radius 2 is 2.13 bits per heavy atom. The van der Waals surface area contributed by atoms with Gasteiger partial charge in [0.15, 0.2) is 5.78 Å². The first-order valence-electron chi connectivity index (χ1n) is 4.62. The summed E-state index contributed by atoms with van der Waals surface area (Å²) in [5, 5.41) is 0. The van der Waals surface area contributed by atoms with E-state index in [0.29, 0.717) is 5.56 Å². The van der Waals surface area contributed by atoms with Gasteiger partial charge in [0.1, 0.15) is 5.82 Å². The number of benzene rings is 1. The molecule has 1 aromatic heterocycles. The predicted octanol–water partition coefficient (Wildman–Crippen LogP) is 2.69. The van der Waals surface area contributed by atoms with Gasteiger partial charge >= 0.3 is 0 Å². The molecule has 1 heterocycles. The first-order valence-corrected chi connectivity index (χ1v) is 4.62. The Hall–Kier alpha value is -1.90. The Morgan fingerprint density at radius 3 is 2.73 bits per heavy atom. The van der Waals surface area contributed by atoms with Crippen molar-refractivity contribution in [1.82, 2.24) is 4.98 Å². The number of ketones is 1. The number of aryl methyl sites for hydroxylation is 1. The van der Waals surface area contributed by atoms with Crippen LogP contribution in [0.4, 0.5) is 4.39 Å². The number of H-pyrrole nitrogens is 1. The lowest BCUT2D eigenvalue weighted by atomic mass is 10.0. The van der Waals surface area contributed by atoms with Crippen LogP contribution < -0.4 is 0 Å². The molecule has 0 fully saturated rings. The first-order chi connectivity index (χ1) is 7.18. The number of halogens is 1. The highest BCUT2D eigenvalue weighted by Gasteiger charge is 2.13. The summed E-state index contributed by atoms with van der Waals surface area (Å²) >= 11 is 0. The zero-order valence-corrected chi connectivity index (χ0v) is 8.25. The zero-order chi connectivity index (χ0) is 10.8. The maximum Gasteiger partial charge on any atom is 0.197 e. The number of hydrogen-bond donors (Lipinski definition) is 1. The molecule has 0 amide bonds. The maximum atomic E-state index is 13.5. The number of carbonyl (C=O) groups is 1. The van der Waals surface area contributed by atoms with Gasteiger partial charge in [0.2, 0.25) is 0 Å². The fourth-order valence-electron chi connectivity index (χ4n) is 1.42. The van der Waals surface area contributed by atoms with Crippen molar-refractivity contribution in [2.24, 2.45) is 0 Å². The maximum absolute atomic E-state index is 13.5. The van der Waals surface area contributed by atoms with E-state index in [4.69, 9.17) is 0 Å². The van der Waals surface area contributed by atoms with Crippen molar-refractivity contribution >= 4 is 5.78 Å². The van der Waals surface area contributed by atoms with Gasteiger partial charge in [0.05, 0.1) is 5.56 Å². The van der Waals surface area contributed by atoms with E-state index in [1.165, 1.54) is 12.1 Å². The molecule has 0 radical (unpaired) electrons. The number of aromatic amines is 1. The first kappa shape index (κ1) is 9.65. The standard InChI is InChI=1S/C12H10FNO/c1-8-2-3-10(11(13)6-8)12(15)9-4-5-14-7-9/h2-7,14H,1H3. The Morgan fingerprint density at radius 1 is 1.33 bits per heavy atom. The van der Waals surface area contributed by atoms with Gasteiger partial charge in [-0.2, -0.15) is 0 Å². The molecule has 2 aromatic rings. The number of carbonyl (C=O) groups excluding carboxylic acids is 1. The topological polar surface area (TPSA) is 32.9 Å². The molecule has 0 aliphatic heterocycles. The smallest absolute Gasteiger partial charge is 0.197 e. The van der Waals surface area contributed by atoms with Crippen LogP contribution in [0.15, 0.2) is 36.7 Å². The van der Waals surface area contributed by atoms with Crippen LogP contribution in [-0.4, -0.2) is 10.8 Å². The Bertz CT molecular complexity index is 488. The van der Waals surface area contributed by atoms with Gasteiger partial charge in [-0.1, -0.05) is 6.07 Å². The van der Waals surface area contributed by atoms with Crippen LogP contribution in [0.3, 0.4) is 0 Å². The number of rotatable bonds is 2. The molecule has 1 N–H and O–H groups in total. The molecule has 0 saturated heterocycles. The summed E-state index contributed by atoms with van der Waals surface area (Å²) in [7, 11) is 0. The van der Waals surface area contributed by atoms with E-state index in [1.54, 1.807) is 31.5 Å². The molecule has 15 heavy (non-hydrogen) atoms. The van der Waals surface area contributed by atoms with Gasteiger partial charge in [-0.15, -0.1) is 0 Å². The summed E-state index contributed by atoms with van der Waals surface area (Å²) in [5.41, 5.74) is 1.39. The van der Waals surface area contributed by atoms with E-state index in [0.717, 1.165) is 5.56 Å². The average Bonchev–Trinajstić information content (AvgIpc) is 2.69. The van der Waals surface area contributed by atoms with E-state index in [-0.39, 0.29) is 11.3 Å². The van der Waals surface area contributed by atoms with E-state index in [1.807, 2.05) is 0 Å². The van der Waals surface area contributed by atoms with Crippen molar-refractivity contribution < 1.29 is 9.18 Å². The summed E-state index contributed by atoms with van der Waals surface area (Å²) in [6.45, 7) is 1.79. The Balaban J connectivity index is 2.42. The molecule has 3 heteroatoms. The number of aromatic nitrogens is 1. The van der Waals surface area contributed by atoms with Crippen LogP contribution in [0.1, 0.15) is 21.5 Å². The minimum atomic E-state index is -0.471. The molecule has 2 nitrogen and oxygen atoms in total. The third kappa shape index (κ3) is 1.81. The SMILES string of the molecule is Cc1ccc(C(=O)c2cc[nH]c2)c(F)c1. The van der Waals surface area contributed by atoms with Gasteiger partial charge in [-0.25, -0.2) is 4.39 Å². The third-order valence-electron chi connectivity index (χ3n) is 2.23. The highest BCUT2D eigenvalue weighted by Crippen LogP contribution is 2.14. The molecule has 0 saturated carbocycles. The van der Waals surface area contributed by atoms with E-state index in [9.17, 15) is 9.18 Å². The van der Waals surface area contributed by atoms with Crippen molar-refractivity contribution in [3.05, 3.63) is 59.2 Å². The number of hydrogen-bond acceptors (Lipinski definition) is 1.